The van der Waals surface area contributed by atoms with E-state index in [4.69, 9.17) is 23.2 Å². The van der Waals surface area contributed by atoms with Gasteiger partial charge < -0.3 is 4.90 Å². The minimum absolute atomic E-state index is 0.206. The fourth-order valence-electron chi connectivity index (χ4n) is 2.53. The lowest BCUT2D eigenvalue weighted by atomic mass is 10.1. The monoisotopic (exact) mass is 359 g/mol. The third-order valence-corrected chi connectivity index (χ3v) is 4.14. The van der Waals surface area contributed by atoms with Crippen molar-refractivity contribution in [2.75, 3.05) is 19.0 Å². The van der Waals surface area contributed by atoms with Crippen LogP contribution < -0.4 is 4.90 Å². The number of benzene rings is 2. The van der Waals surface area contributed by atoms with Gasteiger partial charge in [-0.3, -0.25) is 9.69 Å². The molecule has 6 heteroatoms. The van der Waals surface area contributed by atoms with Crippen LogP contribution in [0.1, 0.15) is 5.56 Å². The van der Waals surface area contributed by atoms with Crippen LogP contribution in [0, 0.1) is 0 Å². The molecule has 1 aliphatic rings. The van der Waals surface area contributed by atoms with Crippen LogP contribution >= 0.6 is 23.2 Å². The zero-order chi connectivity index (χ0) is 17.3. The number of amides is 1. The van der Waals surface area contributed by atoms with Crippen LogP contribution in [0.2, 0.25) is 10.0 Å². The molecule has 24 heavy (non-hydrogen) atoms. The van der Waals surface area contributed by atoms with Crippen molar-refractivity contribution >= 4 is 52.4 Å². The van der Waals surface area contributed by atoms with Crippen molar-refractivity contribution in [2.45, 2.75) is 0 Å². The van der Waals surface area contributed by atoms with Crippen molar-refractivity contribution < 1.29 is 4.79 Å². The summed E-state index contributed by atoms with van der Waals surface area (Å²) in [6.45, 7) is 0. The molecule has 0 saturated carbocycles. The van der Waals surface area contributed by atoms with Crippen LogP contribution in [0.5, 0.6) is 0 Å². The van der Waals surface area contributed by atoms with Crippen LogP contribution in [0.15, 0.2) is 53.7 Å². The Hall–Kier alpha value is -2.30. The number of fused-ring (bicyclic) bond motifs is 1. The maximum atomic E-state index is 13.0. The Morgan fingerprint density at radius 1 is 1.04 bits per heavy atom. The van der Waals surface area contributed by atoms with Gasteiger partial charge in [0.15, 0.2) is 0 Å². The Morgan fingerprint density at radius 3 is 2.38 bits per heavy atom. The fourth-order valence-corrected chi connectivity index (χ4v) is 3.10. The Bertz CT molecular complexity index is 839. The smallest absolute Gasteiger partial charge is 0.265 e. The van der Waals surface area contributed by atoms with E-state index in [0.29, 0.717) is 21.3 Å². The van der Waals surface area contributed by atoms with Gasteiger partial charge in [0.1, 0.15) is 0 Å². The van der Waals surface area contributed by atoms with E-state index < -0.39 is 0 Å². The molecule has 0 saturated heterocycles. The first-order chi connectivity index (χ1) is 11.5. The predicted molar refractivity (Wildman–Crippen MR) is 100 cm³/mol. The SMILES string of the molecule is CN(C)C=N/C=C1\C(=O)N(c2c(Cl)cccc2Cl)c2ccccc21. The minimum Gasteiger partial charge on any atom is -0.369 e. The van der Waals surface area contributed by atoms with Crippen LogP contribution in [0.25, 0.3) is 5.57 Å². The van der Waals surface area contributed by atoms with Gasteiger partial charge in [0.05, 0.1) is 33.3 Å². The molecule has 1 aliphatic heterocycles. The molecule has 0 unspecified atom stereocenters. The number of rotatable bonds is 3. The quantitative estimate of drug-likeness (QED) is 0.456. The number of carbonyl (C=O) groups excluding carboxylic acids is 1. The highest BCUT2D eigenvalue weighted by atomic mass is 35.5. The maximum absolute atomic E-state index is 13.0. The second kappa shape index (κ2) is 6.67. The van der Waals surface area contributed by atoms with Gasteiger partial charge in [-0.2, -0.15) is 0 Å². The predicted octanol–water partition coefficient (Wildman–Crippen LogP) is 4.60. The second-order valence-corrected chi connectivity index (χ2v) is 6.31. The van der Waals surface area contributed by atoms with Gasteiger partial charge in [0, 0.05) is 25.9 Å². The van der Waals surface area contributed by atoms with E-state index >= 15 is 0 Å². The summed E-state index contributed by atoms with van der Waals surface area (Å²) >= 11 is 12.6. The number of anilines is 2. The minimum atomic E-state index is -0.206. The molecule has 0 aromatic heterocycles. The van der Waals surface area contributed by atoms with Gasteiger partial charge in [0.2, 0.25) is 0 Å². The summed E-state index contributed by atoms with van der Waals surface area (Å²) in [5.74, 6) is -0.206. The summed E-state index contributed by atoms with van der Waals surface area (Å²) in [4.78, 5) is 20.5. The Kier molecular flexibility index (Phi) is 4.60. The van der Waals surface area contributed by atoms with E-state index in [0.717, 1.165) is 11.3 Å². The number of hydrogen-bond acceptors (Lipinski definition) is 2. The molecule has 0 N–H and O–H groups in total. The van der Waals surface area contributed by atoms with Crippen molar-refractivity contribution in [3.05, 3.63) is 64.3 Å². The van der Waals surface area contributed by atoms with E-state index in [9.17, 15) is 4.79 Å². The average molecular weight is 360 g/mol. The molecule has 0 radical (unpaired) electrons. The van der Waals surface area contributed by atoms with Crippen molar-refractivity contribution in [3.8, 4) is 0 Å². The Morgan fingerprint density at radius 2 is 1.71 bits per heavy atom. The van der Waals surface area contributed by atoms with E-state index in [-0.39, 0.29) is 5.91 Å². The van der Waals surface area contributed by atoms with Crippen LogP contribution in [-0.2, 0) is 4.79 Å². The first-order valence-corrected chi connectivity index (χ1v) is 8.04. The van der Waals surface area contributed by atoms with Crippen LogP contribution in [-0.4, -0.2) is 31.2 Å². The first kappa shape index (κ1) is 16.6. The average Bonchev–Trinajstić information content (AvgIpc) is 2.80. The molecule has 0 atom stereocenters. The van der Waals surface area contributed by atoms with Gasteiger partial charge in [-0.15, -0.1) is 0 Å². The van der Waals surface area contributed by atoms with E-state index in [1.807, 2.05) is 38.4 Å². The number of nitrogens with zero attached hydrogens (tertiary/aromatic N) is 3. The lowest BCUT2D eigenvalue weighted by Gasteiger charge is -2.19. The molecule has 0 aliphatic carbocycles. The highest BCUT2D eigenvalue weighted by Crippen LogP contribution is 2.46. The zero-order valence-corrected chi connectivity index (χ0v) is 14.7. The Balaban J connectivity index is 2.15. The summed E-state index contributed by atoms with van der Waals surface area (Å²) in [6, 6.07) is 12.7. The molecule has 0 fully saturated rings. The summed E-state index contributed by atoms with van der Waals surface area (Å²) in [6.07, 6.45) is 3.19. The molecule has 4 nitrogen and oxygen atoms in total. The standard InChI is InChI=1S/C18H15Cl2N3O/c1-22(2)11-21-10-13-12-6-3-4-9-16(12)23(18(13)24)17-14(19)7-5-8-15(17)20/h3-11H,1-2H3/b13-10-,21-11?. The molecule has 0 bridgehead atoms. The highest BCUT2D eigenvalue weighted by Gasteiger charge is 2.35. The lowest BCUT2D eigenvalue weighted by molar-refractivity contribution is -0.112. The van der Waals surface area contributed by atoms with Crippen LogP contribution in [0.4, 0.5) is 11.4 Å². The molecule has 0 spiro atoms. The molecule has 3 rings (SSSR count). The summed E-state index contributed by atoms with van der Waals surface area (Å²) in [7, 11) is 3.73. The van der Waals surface area contributed by atoms with Crippen LogP contribution in [0.3, 0.4) is 0 Å². The molecular weight excluding hydrogens is 345 g/mol. The molecule has 1 amide bonds. The number of hydrogen-bond donors (Lipinski definition) is 0. The third-order valence-electron chi connectivity index (χ3n) is 3.53. The van der Waals surface area contributed by atoms with E-state index in [1.165, 1.54) is 4.90 Å². The highest BCUT2D eigenvalue weighted by molar-refractivity contribution is 6.43. The number of carbonyl (C=O) groups is 1. The maximum Gasteiger partial charge on any atom is 0.265 e. The number of halogens is 2. The number of aliphatic imine (C=N–C) groups is 1. The second-order valence-electron chi connectivity index (χ2n) is 5.50. The van der Waals surface area contributed by atoms with Crippen molar-refractivity contribution in [1.29, 1.82) is 0 Å². The van der Waals surface area contributed by atoms with Gasteiger partial charge >= 0.3 is 0 Å². The number of para-hydroxylation sites is 2. The van der Waals surface area contributed by atoms with Crippen molar-refractivity contribution in [2.24, 2.45) is 4.99 Å². The van der Waals surface area contributed by atoms with Gasteiger partial charge in [0.25, 0.3) is 5.91 Å². The van der Waals surface area contributed by atoms with Gasteiger partial charge in [-0.05, 0) is 18.2 Å². The largest absolute Gasteiger partial charge is 0.369 e. The fraction of sp³-hybridized carbons (Fsp3) is 0.111. The van der Waals surface area contributed by atoms with E-state index in [2.05, 4.69) is 4.99 Å². The lowest BCUT2D eigenvalue weighted by Crippen LogP contribution is -2.21. The molecule has 122 valence electrons. The topological polar surface area (TPSA) is 35.9 Å². The summed E-state index contributed by atoms with van der Waals surface area (Å²) < 4.78 is 0. The molecule has 1 heterocycles. The Labute approximate surface area is 150 Å². The van der Waals surface area contributed by atoms with E-state index in [1.54, 1.807) is 35.6 Å². The molecule has 2 aromatic carbocycles. The normalized spacial score (nSPS) is 15.4. The zero-order valence-electron chi connectivity index (χ0n) is 13.2. The molecular formula is C18H15Cl2N3O. The van der Waals surface area contributed by atoms with Gasteiger partial charge in [-0.1, -0.05) is 47.5 Å². The van der Waals surface area contributed by atoms with Crippen molar-refractivity contribution in [3.63, 3.8) is 0 Å². The van der Waals surface area contributed by atoms with Crippen molar-refractivity contribution in [1.82, 2.24) is 4.90 Å². The summed E-state index contributed by atoms with van der Waals surface area (Å²) in [5, 5.41) is 0.840. The molecule has 2 aromatic rings. The third kappa shape index (κ3) is 2.90. The van der Waals surface area contributed by atoms with Gasteiger partial charge in [-0.25, -0.2) is 4.99 Å². The summed E-state index contributed by atoms with van der Waals surface area (Å²) in [5.41, 5.74) is 2.52. The first-order valence-electron chi connectivity index (χ1n) is 7.28.